The smallest absolute Gasteiger partial charge is 0.257 e. The summed E-state index contributed by atoms with van der Waals surface area (Å²) in [5.74, 6) is 0.758. The molecule has 0 radical (unpaired) electrons. The first-order chi connectivity index (χ1) is 13.4. The number of nitrogens with one attached hydrogen (secondary N) is 1. The highest BCUT2D eigenvalue weighted by molar-refractivity contribution is 7.22. The van der Waals surface area contributed by atoms with E-state index >= 15 is 0 Å². The van der Waals surface area contributed by atoms with Crippen molar-refractivity contribution >= 4 is 38.5 Å². The Hall–Kier alpha value is -2.51. The number of thiazole rings is 1. The van der Waals surface area contributed by atoms with Crippen LogP contribution in [0.25, 0.3) is 10.3 Å². The van der Waals surface area contributed by atoms with Gasteiger partial charge in [-0.25, -0.2) is 9.97 Å². The number of carbonyl (C=O) groups excluding carboxylic acids is 1. The standard InChI is InChI=1S/C21H24N4O2S/c1-21(2,27)15-8-6-14(7-9-15)18(26)24-20-22-16-10-11-17(23-19(16)28-20)25-12-4-3-5-13-25/h6-11,27H,3-5,12-13H2,1-2H3,(H,22,24,26). The quantitative estimate of drug-likeness (QED) is 0.692. The van der Waals surface area contributed by atoms with Gasteiger partial charge >= 0.3 is 0 Å². The van der Waals surface area contributed by atoms with Crippen LogP contribution in [0.4, 0.5) is 10.9 Å². The molecule has 0 aliphatic carbocycles. The fraction of sp³-hybridized carbons (Fsp3) is 0.381. The highest BCUT2D eigenvalue weighted by atomic mass is 32.1. The third-order valence-corrected chi connectivity index (χ3v) is 5.88. The van der Waals surface area contributed by atoms with Gasteiger partial charge in [0.2, 0.25) is 0 Å². The predicted octanol–water partition coefficient (Wildman–Crippen LogP) is 4.16. The second-order valence-electron chi connectivity index (χ2n) is 7.65. The lowest BCUT2D eigenvalue weighted by Gasteiger charge is -2.27. The van der Waals surface area contributed by atoms with E-state index in [9.17, 15) is 9.90 Å². The van der Waals surface area contributed by atoms with E-state index in [1.165, 1.54) is 30.6 Å². The van der Waals surface area contributed by atoms with Gasteiger partial charge < -0.3 is 10.0 Å². The fourth-order valence-corrected chi connectivity index (χ4v) is 4.19. The molecule has 0 unspecified atom stereocenters. The number of amides is 1. The van der Waals surface area contributed by atoms with Crippen molar-refractivity contribution in [2.75, 3.05) is 23.3 Å². The number of aliphatic hydroxyl groups is 1. The first-order valence-corrected chi connectivity index (χ1v) is 10.4. The summed E-state index contributed by atoms with van der Waals surface area (Å²) in [7, 11) is 0. The number of anilines is 2. The molecule has 1 aliphatic rings. The molecule has 2 N–H and O–H groups in total. The molecule has 3 aromatic rings. The second kappa shape index (κ2) is 7.48. The van der Waals surface area contributed by atoms with Gasteiger partial charge in [0, 0.05) is 18.7 Å². The number of nitrogens with zero attached hydrogens (tertiary/aromatic N) is 3. The molecule has 146 valence electrons. The van der Waals surface area contributed by atoms with Crippen LogP contribution in [-0.2, 0) is 5.60 Å². The summed E-state index contributed by atoms with van der Waals surface area (Å²) in [6.07, 6.45) is 3.69. The normalized spacial score (nSPS) is 15.0. The van der Waals surface area contributed by atoms with Crippen LogP contribution in [0.1, 0.15) is 49.0 Å². The van der Waals surface area contributed by atoms with Crippen molar-refractivity contribution in [1.29, 1.82) is 0 Å². The Labute approximate surface area is 168 Å². The lowest BCUT2D eigenvalue weighted by atomic mass is 9.97. The highest BCUT2D eigenvalue weighted by Crippen LogP contribution is 2.28. The van der Waals surface area contributed by atoms with Crippen LogP contribution in [0.15, 0.2) is 36.4 Å². The number of aromatic nitrogens is 2. The SMILES string of the molecule is CC(C)(O)c1ccc(C(=O)Nc2nc3ccc(N4CCCCC4)nc3s2)cc1. The van der Waals surface area contributed by atoms with E-state index in [2.05, 4.69) is 15.2 Å². The molecule has 2 aromatic heterocycles. The average molecular weight is 397 g/mol. The molecule has 28 heavy (non-hydrogen) atoms. The van der Waals surface area contributed by atoms with Crippen LogP contribution in [0.2, 0.25) is 0 Å². The van der Waals surface area contributed by atoms with Crippen LogP contribution in [0.5, 0.6) is 0 Å². The monoisotopic (exact) mass is 396 g/mol. The Morgan fingerprint density at radius 3 is 2.46 bits per heavy atom. The second-order valence-corrected chi connectivity index (χ2v) is 8.63. The van der Waals surface area contributed by atoms with E-state index in [-0.39, 0.29) is 5.91 Å². The summed E-state index contributed by atoms with van der Waals surface area (Å²) in [5.41, 5.74) is 1.14. The molecule has 0 bridgehead atoms. The summed E-state index contributed by atoms with van der Waals surface area (Å²) < 4.78 is 0. The first kappa shape index (κ1) is 18.8. The molecule has 3 heterocycles. The molecule has 1 fully saturated rings. The molecule has 6 nitrogen and oxygen atoms in total. The Morgan fingerprint density at radius 1 is 1.07 bits per heavy atom. The average Bonchev–Trinajstić information content (AvgIpc) is 3.09. The Morgan fingerprint density at radius 2 is 1.79 bits per heavy atom. The van der Waals surface area contributed by atoms with Gasteiger partial charge in [0.15, 0.2) is 5.13 Å². The maximum Gasteiger partial charge on any atom is 0.257 e. The van der Waals surface area contributed by atoms with Crippen molar-refractivity contribution in [2.45, 2.75) is 38.7 Å². The molecule has 4 rings (SSSR count). The molecule has 0 atom stereocenters. The molecule has 1 saturated heterocycles. The molecule has 1 amide bonds. The number of carbonyl (C=O) groups is 1. The lowest BCUT2D eigenvalue weighted by Crippen LogP contribution is -2.29. The van der Waals surface area contributed by atoms with E-state index in [0.717, 1.165) is 34.8 Å². The molecule has 1 aromatic carbocycles. The number of fused-ring (bicyclic) bond motifs is 1. The van der Waals surface area contributed by atoms with E-state index in [4.69, 9.17) is 4.98 Å². The zero-order valence-corrected chi connectivity index (χ0v) is 16.9. The number of benzene rings is 1. The predicted molar refractivity (Wildman–Crippen MR) is 113 cm³/mol. The van der Waals surface area contributed by atoms with Crippen LogP contribution in [0.3, 0.4) is 0 Å². The summed E-state index contributed by atoms with van der Waals surface area (Å²) in [5, 5.41) is 13.4. The van der Waals surface area contributed by atoms with Gasteiger partial charge in [-0.2, -0.15) is 0 Å². The topological polar surface area (TPSA) is 78.3 Å². The van der Waals surface area contributed by atoms with Gasteiger partial charge in [0.1, 0.15) is 16.2 Å². The number of hydrogen-bond donors (Lipinski definition) is 2. The highest BCUT2D eigenvalue weighted by Gasteiger charge is 2.18. The van der Waals surface area contributed by atoms with Crippen LogP contribution in [-0.4, -0.2) is 34.1 Å². The van der Waals surface area contributed by atoms with E-state index in [1.807, 2.05) is 12.1 Å². The van der Waals surface area contributed by atoms with Gasteiger partial charge in [-0.05, 0) is 62.9 Å². The summed E-state index contributed by atoms with van der Waals surface area (Å²) in [6.45, 7) is 5.52. The summed E-state index contributed by atoms with van der Waals surface area (Å²) in [6, 6.07) is 10.9. The Kier molecular flexibility index (Phi) is 5.03. The van der Waals surface area contributed by atoms with Gasteiger partial charge in [-0.1, -0.05) is 23.5 Å². The van der Waals surface area contributed by atoms with Crippen molar-refractivity contribution in [3.63, 3.8) is 0 Å². The van der Waals surface area contributed by atoms with Crippen LogP contribution < -0.4 is 10.2 Å². The van der Waals surface area contributed by atoms with Gasteiger partial charge in [-0.15, -0.1) is 0 Å². The Balaban J connectivity index is 1.50. The minimum atomic E-state index is -0.931. The number of pyridine rings is 1. The maximum atomic E-state index is 12.5. The molecule has 0 spiro atoms. The third kappa shape index (κ3) is 4.00. The zero-order chi connectivity index (χ0) is 19.7. The van der Waals surface area contributed by atoms with Gasteiger partial charge in [-0.3, -0.25) is 10.1 Å². The minimum Gasteiger partial charge on any atom is -0.386 e. The van der Waals surface area contributed by atoms with Crippen molar-refractivity contribution < 1.29 is 9.90 Å². The number of piperidine rings is 1. The van der Waals surface area contributed by atoms with E-state index < -0.39 is 5.60 Å². The van der Waals surface area contributed by atoms with Crippen molar-refractivity contribution in [3.05, 3.63) is 47.5 Å². The van der Waals surface area contributed by atoms with Crippen LogP contribution >= 0.6 is 11.3 Å². The molecular formula is C21H24N4O2S. The van der Waals surface area contributed by atoms with Gasteiger partial charge in [0.25, 0.3) is 5.91 Å². The first-order valence-electron chi connectivity index (χ1n) is 9.57. The van der Waals surface area contributed by atoms with E-state index in [1.54, 1.807) is 38.1 Å². The zero-order valence-electron chi connectivity index (χ0n) is 16.1. The summed E-state index contributed by atoms with van der Waals surface area (Å²) >= 11 is 1.39. The minimum absolute atomic E-state index is 0.224. The lowest BCUT2D eigenvalue weighted by molar-refractivity contribution is 0.0785. The fourth-order valence-electron chi connectivity index (χ4n) is 3.36. The van der Waals surface area contributed by atoms with Crippen molar-refractivity contribution in [3.8, 4) is 0 Å². The number of rotatable bonds is 4. The summed E-state index contributed by atoms with van der Waals surface area (Å²) in [4.78, 5) is 24.9. The van der Waals surface area contributed by atoms with E-state index in [0.29, 0.717) is 10.7 Å². The largest absolute Gasteiger partial charge is 0.386 e. The molecule has 0 saturated carbocycles. The van der Waals surface area contributed by atoms with Crippen LogP contribution in [0, 0.1) is 0 Å². The third-order valence-electron chi connectivity index (χ3n) is 4.99. The molecule has 1 aliphatic heterocycles. The molecule has 7 heteroatoms. The molecular weight excluding hydrogens is 372 g/mol. The number of hydrogen-bond acceptors (Lipinski definition) is 6. The van der Waals surface area contributed by atoms with Gasteiger partial charge in [0.05, 0.1) is 5.60 Å². The van der Waals surface area contributed by atoms with Crippen molar-refractivity contribution in [1.82, 2.24) is 9.97 Å². The maximum absolute atomic E-state index is 12.5. The Bertz CT molecular complexity index is 986. The van der Waals surface area contributed by atoms with Crippen molar-refractivity contribution in [2.24, 2.45) is 0 Å².